The Hall–Kier alpha value is -0.660. The monoisotopic (exact) mass is 491 g/mol. The summed E-state index contributed by atoms with van der Waals surface area (Å²) in [5.41, 5.74) is 0. The SMILES string of the molecule is CCCCCCCCCCCCN1C=CN(CCCCCCCCCC)C1CCCCCCCC. The van der Waals surface area contributed by atoms with Crippen LogP contribution in [0.3, 0.4) is 0 Å². The van der Waals surface area contributed by atoms with Crippen molar-refractivity contribution < 1.29 is 0 Å². The van der Waals surface area contributed by atoms with Crippen LogP contribution in [-0.4, -0.2) is 29.1 Å². The Morgan fingerprint density at radius 1 is 0.371 bits per heavy atom. The molecule has 208 valence electrons. The summed E-state index contributed by atoms with van der Waals surface area (Å²) in [6.07, 6.45) is 41.0. The Kier molecular flexibility index (Phi) is 23.1. The van der Waals surface area contributed by atoms with Crippen LogP contribution in [0.2, 0.25) is 0 Å². The van der Waals surface area contributed by atoms with Crippen molar-refractivity contribution in [3.8, 4) is 0 Å². The minimum absolute atomic E-state index is 0.643. The summed E-state index contributed by atoms with van der Waals surface area (Å²) in [6, 6.07) is 0. The van der Waals surface area contributed by atoms with E-state index in [0.717, 1.165) is 0 Å². The molecule has 0 aromatic rings. The molecule has 1 unspecified atom stereocenters. The fraction of sp³-hybridized carbons (Fsp3) is 0.939. The highest BCUT2D eigenvalue weighted by Crippen LogP contribution is 2.24. The van der Waals surface area contributed by atoms with E-state index >= 15 is 0 Å². The summed E-state index contributed by atoms with van der Waals surface area (Å²) in [4.78, 5) is 5.39. The standard InChI is InChI=1S/C33H66N2/c1-4-7-10-13-16-18-19-21-24-27-30-35-32-31-34(29-26-23-20-17-14-11-8-5-2)33(35)28-25-22-15-12-9-6-3/h31-33H,4-30H2,1-3H3. The summed E-state index contributed by atoms with van der Waals surface area (Å²) in [7, 11) is 0. The van der Waals surface area contributed by atoms with Crippen LogP contribution in [0.15, 0.2) is 12.4 Å². The van der Waals surface area contributed by atoms with E-state index in [-0.39, 0.29) is 0 Å². The highest BCUT2D eigenvalue weighted by atomic mass is 15.4. The fourth-order valence-corrected chi connectivity index (χ4v) is 5.66. The average Bonchev–Trinajstić information content (AvgIpc) is 3.25. The minimum atomic E-state index is 0.643. The smallest absolute Gasteiger partial charge is 0.101 e. The van der Waals surface area contributed by atoms with Crippen molar-refractivity contribution in [2.75, 3.05) is 13.1 Å². The number of nitrogens with zero attached hydrogens (tertiary/aromatic N) is 2. The van der Waals surface area contributed by atoms with Crippen molar-refractivity contribution in [2.45, 2.75) is 187 Å². The molecule has 0 N–H and O–H groups in total. The van der Waals surface area contributed by atoms with Gasteiger partial charge in [-0.3, -0.25) is 0 Å². The van der Waals surface area contributed by atoms with Gasteiger partial charge in [0.1, 0.15) is 6.17 Å². The van der Waals surface area contributed by atoms with Crippen LogP contribution in [0.1, 0.15) is 181 Å². The van der Waals surface area contributed by atoms with Crippen molar-refractivity contribution in [3.05, 3.63) is 12.4 Å². The topological polar surface area (TPSA) is 6.48 Å². The van der Waals surface area contributed by atoms with Gasteiger partial charge in [-0.25, -0.2) is 0 Å². The Balaban J connectivity index is 2.24. The quantitative estimate of drug-likeness (QED) is 0.106. The molecular weight excluding hydrogens is 424 g/mol. The van der Waals surface area contributed by atoms with Gasteiger partial charge in [0.25, 0.3) is 0 Å². The van der Waals surface area contributed by atoms with E-state index in [1.807, 2.05) is 0 Å². The second-order valence-electron chi connectivity index (χ2n) is 11.5. The second-order valence-corrected chi connectivity index (χ2v) is 11.5. The van der Waals surface area contributed by atoms with Crippen LogP contribution < -0.4 is 0 Å². The second kappa shape index (κ2) is 25.0. The summed E-state index contributed by atoms with van der Waals surface area (Å²) in [6.45, 7) is 9.47. The van der Waals surface area contributed by atoms with Crippen molar-refractivity contribution in [3.63, 3.8) is 0 Å². The predicted octanol–water partition coefficient (Wildman–Crippen LogP) is 11.2. The van der Waals surface area contributed by atoms with Gasteiger partial charge in [0.05, 0.1) is 0 Å². The normalized spacial score (nSPS) is 15.6. The van der Waals surface area contributed by atoms with E-state index in [2.05, 4.69) is 43.0 Å². The molecule has 0 aromatic carbocycles. The maximum absolute atomic E-state index is 2.70. The van der Waals surface area contributed by atoms with E-state index in [1.54, 1.807) is 0 Å². The Labute approximate surface area is 222 Å². The van der Waals surface area contributed by atoms with Gasteiger partial charge in [0, 0.05) is 25.5 Å². The zero-order valence-electron chi connectivity index (χ0n) is 24.7. The highest BCUT2D eigenvalue weighted by Gasteiger charge is 2.24. The van der Waals surface area contributed by atoms with Crippen LogP contribution in [0.4, 0.5) is 0 Å². The third kappa shape index (κ3) is 18.3. The van der Waals surface area contributed by atoms with Crippen molar-refractivity contribution in [1.82, 2.24) is 9.80 Å². The van der Waals surface area contributed by atoms with Gasteiger partial charge >= 0.3 is 0 Å². The molecule has 0 fully saturated rings. The lowest BCUT2D eigenvalue weighted by atomic mass is 10.1. The van der Waals surface area contributed by atoms with Gasteiger partial charge in [-0.1, -0.05) is 156 Å². The lowest BCUT2D eigenvalue weighted by Crippen LogP contribution is -2.39. The Morgan fingerprint density at radius 2 is 0.657 bits per heavy atom. The number of hydrogen-bond acceptors (Lipinski definition) is 2. The molecule has 2 nitrogen and oxygen atoms in total. The molecule has 1 rings (SSSR count). The molecule has 35 heavy (non-hydrogen) atoms. The van der Waals surface area contributed by atoms with E-state index in [9.17, 15) is 0 Å². The first-order valence-electron chi connectivity index (χ1n) is 16.5. The molecule has 1 atom stereocenters. The van der Waals surface area contributed by atoms with Gasteiger partial charge in [-0.15, -0.1) is 0 Å². The van der Waals surface area contributed by atoms with Gasteiger partial charge in [0.15, 0.2) is 0 Å². The molecule has 2 heteroatoms. The van der Waals surface area contributed by atoms with E-state index in [0.29, 0.717) is 6.17 Å². The van der Waals surface area contributed by atoms with Crippen molar-refractivity contribution in [2.24, 2.45) is 0 Å². The summed E-state index contributed by atoms with van der Waals surface area (Å²) >= 11 is 0. The molecule has 0 aromatic heterocycles. The molecule has 1 heterocycles. The summed E-state index contributed by atoms with van der Waals surface area (Å²) in [5, 5.41) is 0. The molecule has 0 aliphatic carbocycles. The Morgan fingerprint density at radius 3 is 1.00 bits per heavy atom. The van der Waals surface area contributed by atoms with E-state index < -0.39 is 0 Å². The lowest BCUT2D eigenvalue weighted by Gasteiger charge is -2.33. The number of hydrogen-bond donors (Lipinski definition) is 0. The zero-order valence-corrected chi connectivity index (χ0v) is 24.7. The van der Waals surface area contributed by atoms with Crippen LogP contribution in [0, 0.1) is 0 Å². The first-order valence-corrected chi connectivity index (χ1v) is 16.5. The van der Waals surface area contributed by atoms with Gasteiger partial charge < -0.3 is 9.80 Å². The van der Waals surface area contributed by atoms with Gasteiger partial charge in [-0.2, -0.15) is 0 Å². The first-order chi connectivity index (χ1) is 17.3. The third-order valence-corrected chi connectivity index (χ3v) is 8.07. The summed E-state index contributed by atoms with van der Waals surface area (Å²) < 4.78 is 0. The van der Waals surface area contributed by atoms with Gasteiger partial charge in [0.2, 0.25) is 0 Å². The molecule has 1 aliphatic heterocycles. The number of rotatable bonds is 27. The molecule has 0 radical (unpaired) electrons. The molecule has 1 aliphatic rings. The third-order valence-electron chi connectivity index (χ3n) is 8.07. The lowest BCUT2D eigenvalue weighted by molar-refractivity contribution is 0.135. The van der Waals surface area contributed by atoms with E-state index in [4.69, 9.17) is 0 Å². The average molecular weight is 491 g/mol. The largest absolute Gasteiger partial charge is 0.356 e. The van der Waals surface area contributed by atoms with Crippen LogP contribution in [0.25, 0.3) is 0 Å². The fourth-order valence-electron chi connectivity index (χ4n) is 5.66. The highest BCUT2D eigenvalue weighted by molar-refractivity contribution is 4.97. The molecule has 0 saturated heterocycles. The van der Waals surface area contributed by atoms with Crippen LogP contribution >= 0.6 is 0 Å². The molecule has 0 bridgehead atoms. The maximum Gasteiger partial charge on any atom is 0.101 e. The zero-order chi connectivity index (χ0) is 25.2. The minimum Gasteiger partial charge on any atom is -0.356 e. The Bertz CT molecular complexity index is 446. The van der Waals surface area contributed by atoms with E-state index in [1.165, 1.54) is 174 Å². The molecular formula is C33H66N2. The molecule has 0 saturated carbocycles. The molecule has 0 spiro atoms. The molecule has 0 amide bonds. The van der Waals surface area contributed by atoms with Crippen LogP contribution in [-0.2, 0) is 0 Å². The van der Waals surface area contributed by atoms with Crippen molar-refractivity contribution in [1.29, 1.82) is 0 Å². The summed E-state index contributed by atoms with van der Waals surface area (Å²) in [5.74, 6) is 0. The van der Waals surface area contributed by atoms with Crippen molar-refractivity contribution >= 4 is 0 Å². The first kappa shape index (κ1) is 32.4. The maximum atomic E-state index is 2.70. The predicted molar refractivity (Wildman–Crippen MR) is 159 cm³/mol. The van der Waals surface area contributed by atoms with Crippen LogP contribution in [0.5, 0.6) is 0 Å². The number of unbranched alkanes of at least 4 members (excludes halogenated alkanes) is 21. The van der Waals surface area contributed by atoms with Gasteiger partial charge in [-0.05, 0) is 25.7 Å².